The standard InChI is InChI=1S/C20H17ClN4O5/c1-30-16-7-2-10(8-15(16)26)13-9-14(24-23-13)17-18(27)22-20(29)25(19(17)28)12-5-3-11(21)4-6-12/h2-8,13,23,26,28H,9H2,1H3,(H,22,27,29)/t13-/m0/s1. The van der Waals surface area contributed by atoms with Gasteiger partial charge in [-0.05, 0) is 42.0 Å². The SMILES string of the molecule is COc1ccc([C@@H]2CC(c3c(O)n(-c4ccc(Cl)cc4)c(=O)[nH]c3=O)=NN2)cc1O. The number of aromatic nitrogens is 2. The van der Waals surface area contributed by atoms with Crippen LogP contribution in [-0.4, -0.2) is 32.6 Å². The second-order valence-electron chi connectivity index (χ2n) is 6.65. The molecule has 2 heterocycles. The van der Waals surface area contributed by atoms with Gasteiger partial charge in [-0.15, -0.1) is 0 Å². The first-order valence-corrected chi connectivity index (χ1v) is 9.30. The summed E-state index contributed by atoms with van der Waals surface area (Å²) in [6, 6.07) is 10.8. The highest BCUT2D eigenvalue weighted by Gasteiger charge is 2.28. The van der Waals surface area contributed by atoms with Crippen molar-refractivity contribution >= 4 is 17.3 Å². The van der Waals surface area contributed by atoms with Crippen LogP contribution in [0.25, 0.3) is 5.69 Å². The van der Waals surface area contributed by atoms with Crippen LogP contribution in [0.4, 0.5) is 0 Å². The van der Waals surface area contributed by atoms with Gasteiger partial charge in [0, 0.05) is 11.4 Å². The molecule has 0 saturated carbocycles. The molecule has 1 aliphatic rings. The van der Waals surface area contributed by atoms with E-state index in [1.807, 2.05) is 0 Å². The molecule has 9 nitrogen and oxygen atoms in total. The number of hydrazone groups is 1. The van der Waals surface area contributed by atoms with Gasteiger partial charge in [-0.1, -0.05) is 17.7 Å². The van der Waals surface area contributed by atoms with Gasteiger partial charge in [0.15, 0.2) is 11.5 Å². The Bertz CT molecular complexity index is 1260. The van der Waals surface area contributed by atoms with E-state index in [-0.39, 0.29) is 29.5 Å². The molecule has 4 rings (SSSR count). The van der Waals surface area contributed by atoms with Crippen molar-refractivity contribution in [3.63, 3.8) is 0 Å². The van der Waals surface area contributed by atoms with Crippen LogP contribution in [0.1, 0.15) is 23.6 Å². The van der Waals surface area contributed by atoms with Gasteiger partial charge >= 0.3 is 5.69 Å². The lowest BCUT2D eigenvalue weighted by molar-refractivity contribution is 0.372. The van der Waals surface area contributed by atoms with Crippen LogP contribution < -0.4 is 21.4 Å². The van der Waals surface area contributed by atoms with E-state index in [4.69, 9.17) is 16.3 Å². The summed E-state index contributed by atoms with van der Waals surface area (Å²) < 4.78 is 6.01. The van der Waals surface area contributed by atoms with Gasteiger partial charge in [0.25, 0.3) is 5.56 Å². The molecule has 0 radical (unpaired) electrons. The molecule has 30 heavy (non-hydrogen) atoms. The van der Waals surface area contributed by atoms with Crippen LogP contribution in [0, 0.1) is 0 Å². The van der Waals surface area contributed by atoms with Crippen LogP contribution in [0.15, 0.2) is 57.2 Å². The van der Waals surface area contributed by atoms with Gasteiger partial charge in [0.2, 0.25) is 5.88 Å². The third-order valence-corrected chi connectivity index (χ3v) is 5.07. The molecule has 0 aliphatic carbocycles. The number of hydrogen-bond acceptors (Lipinski definition) is 7. The van der Waals surface area contributed by atoms with Crippen molar-refractivity contribution in [3.8, 4) is 23.1 Å². The average molecular weight is 429 g/mol. The molecule has 10 heteroatoms. The molecule has 154 valence electrons. The normalized spacial score (nSPS) is 15.5. The van der Waals surface area contributed by atoms with Crippen molar-refractivity contribution in [2.24, 2.45) is 5.10 Å². The summed E-state index contributed by atoms with van der Waals surface area (Å²) in [5.41, 5.74) is 2.57. The number of nitrogens with one attached hydrogen (secondary N) is 2. The predicted octanol–water partition coefficient (Wildman–Crippen LogP) is 2.04. The van der Waals surface area contributed by atoms with E-state index in [1.165, 1.54) is 13.2 Å². The molecular weight excluding hydrogens is 412 g/mol. The van der Waals surface area contributed by atoms with Gasteiger partial charge in [-0.3, -0.25) is 9.78 Å². The summed E-state index contributed by atoms with van der Waals surface area (Å²) in [5.74, 6) is -0.214. The Balaban J connectivity index is 1.70. The second kappa shape index (κ2) is 7.60. The number of halogens is 1. The van der Waals surface area contributed by atoms with E-state index in [2.05, 4.69) is 15.5 Å². The van der Waals surface area contributed by atoms with Crippen molar-refractivity contribution in [1.29, 1.82) is 0 Å². The zero-order valence-electron chi connectivity index (χ0n) is 15.7. The number of phenolic OH excluding ortho intramolecular Hbond substituents is 1. The Morgan fingerprint density at radius 2 is 1.90 bits per heavy atom. The number of H-pyrrole nitrogens is 1. The van der Waals surface area contributed by atoms with Crippen LogP contribution in [-0.2, 0) is 0 Å². The zero-order valence-corrected chi connectivity index (χ0v) is 16.5. The van der Waals surface area contributed by atoms with Crippen LogP contribution >= 0.6 is 11.6 Å². The summed E-state index contributed by atoms with van der Waals surface area (Å²) in [6.07, 6.45) is 0.251. The van der Waals surface area contributed by atoms with Gasteiger partial charge in [-0.25, -0.2) is 9.36 Å². The Hall–Kier alpha value is -3.72. The zero-order chi connectivity index (χ0) is 21.4. The van der Waals surface area contributed by atoms with E-state index in [0.29, 0.717) is 22.0 Å². The highest BCUT2D eigenvalue weighted by Crippen LogP contribution is 2.32. The van der Waals surface area contributed by atoms with Crippen molar-refractivity contribution in [1.82, 2.24) is 15.0 Å². The van der Waals surface area contributed by atoms with Crippen LogP contribution in [0.3, 0.4) is 0 Å². The van der Waals surface area contributed by atoms with Crippen molar-refractivity contribution in [3.05, 3.63) is 79.5 Å². The highest BCUT2D eigenvalue weighted by molar-refractivity contribution is 6.30. The van der Waals surface area contributed by atoms with Crippen molar-refractivity contribution < 1.29 is 14.9 Å². The molecule has 3 aromatic rings. The topological polar surface area (TPSA) is 129 Å². The lowest BCUT2D eigenvalue weighted by Crippen LogP contribution is -2.33. The Kier molecular flexibility index (Phi) is 4.96. The lowest BCUT2D eigenvalue weighted by Gasteiger charge is -2.13. The van der Waals surface area contributed by atoms with Crippen molar-refractivity contribution in [2.45, 2.75) is 12.5 Å². The monoisotopic (exact) mass is 428 g/mol. The number of rotatable bonds is 4. The summed E-state index contributed by atoms with van der Waals surface area (Å²) in [4.78, 5) is 27.0. The third-order valence-electron chi connectivity index (χ3n) is 4.82. The van der Waals surface area contributed by atoms with Gasteiger partial charge in [0.1, 0.15) is 5.56 Å². The van der Waals surface area contributed by atoms with E-state index in [9.17, 15) is 19.8 Å². The second-order valence-corrected chi connectivity index (χ2v) is 7.08. The number of benzene rings is 2. The highest BCUT2D eigenvalue weighted by atomic mass is 35.5. The van der Waals surface area contributed by atoms with E-state index in [0.717, 1.165) is 4.57 Å². The fourth-order valence-electron chi connectivity index (χ4n) is 3.33. The number of aromatic amines is 1. The number of ether oxygens (including phenoxy) is 1. The summed E-state index contributed by atoms with van der Waals surface area (Å²) in [6.45, 7) is 0. The molecule has 4 N–H and O–H groups in total. The minimum Gasteiger partial charge on any atom is -0.504 e. The van der Waals surface area contributed by atoms with E-state index >= 15 is 0 Å². The van der Waals surface area contributed by atoms with Gasteiger partial charge < -0.3 is 20.4 Å². The van der Waals surface area contributed by atoms with Gasteiger partial charge in [0.05, 0.1) is 24.6 Å². The number of phenols is 1. The largest absolute Gasteiger partial charge is 0.504 e. The first kappa shape index (κ1) is 19.6. The third kappa shape index (κ3) is 3.39. The minimum absolute atomic E-state index is 0.0257. The number of hydrogen-bond donors (Lipinski definition) is 4. The van der Waals surface area contributed by atoms with E-state index < -0.39 is 17.1 Å². The molecule has 1 aliphatic heterocycles. The fraction of sp³-hybridized carbons (Fsp3) is 0.150. The van der Waals surface area contributed by atoms with Crippen molar-refractivity contribution in [2.75, 3.05) is 7.11 Å². The average Bonchev–Trinajstić information content (AvgIpc) is 3.18. The molecule has 0 unspecified atom stereocenters. The lowest BCUT2D eigenvalue weighted by atomic mass is 9.99. The summed E-state index contributed by atoms with van der Waals surface area (Å²) >= 11 is 5.88. The Morgan fingerprint density at radius 3 is 2.57 bits per heavy atom. The Labute approximate surface area is 174 Å². The first-order valence-electron chi connectivity index (χ1n) is 8.92. The minimum atomic E-state index is -0.785. The number of methoxy groups -OCH3 is 1. The molecule has 2 aromatic carbocycles. The Morgan fingerprint density at radius 1 is 1.17 bits per heavy atom. The maximum Gasteiger partial charge on any atom is 0.335 e. The predicted molar refractivity (Wildman–Crippen MR) is 111 cm³/mol. The van der Waals surface area contributed by atoms with Crippen LogP contribution in [0.5, 0.6) is 17.4 Å². The molecule has 1 atom stereocenters. The molecule has 0 fully saturated rings. The molecule has 0 spiro atoms. The quantitative estimate of drug-likeness (QED) is 0.503. The number of nitrogens with zero attached hydrogens (tertiary/aromatic N) is 2. The maximum atomic E-state index is 12.5. The van der Waals surface area contributed by atoms with Gasteiger partial charge in [-0.2, -0.15) is 5.10 Å². The van der Waals surface area contributed by atoms with E-state index in [1.54, 1.807) is 36.4 Å². The molecule has 0 saturated heterocycles. The van der Waals surface area contributed by atoms with Crippen LogP contribution in [0.2, 0.25) is 5.02 Å². The molecule has 0 bridgehead atoms. The first-order chi connectivity index (χ1) is 14.4. The fourth-order valence-corrected chi connectivity index (χ4v) is 3.46. The molecular formula is C20H17ClN4O5. The summed E-state index contributed by atoms with van der Waals surface area (Å²) in [5, 5.41) is 25.4. The molecule has 0 amide bonds. The number of aromatic hydroxyl groups is 2. The maximum absolute atomic E-state index is 12.5. The molecule has 1 aromatic heterocycles. The summed E-state index contributed by atoms with van der Waals surface area (Å²) in [7, 11) is 1.45. The smallest absolute Gasteiger partial charge is 0.335 e.